The highest BCUT2D eigenvalue weighted by atomic mass is 19.1. The van der Waals surface area contributed by atoms with Crippen molar-refractivity contribution in [3.05, 3.63) is 102 Å². The molecule has 0 fully saturated rings. The number of hydrogen-bond acceptors (Lipinski definition) is 2. The molecule has 0 aliphatic heterocycles. The molecule has 1 atom stereocenters. The highest BCUT2D eigenvalue weighted by molar-refractivity contribution is 5.60. The van der Waals surface area contributed by atoms with Crippen LogP contribution in [0.15, 0.2) is 85.5 Å². The minimum atomic E-state index is -0.173. The van der Waals surface area contributed by atoms with Crippen LogP contribution in [0.2, 0.25) is 0 Å². The molecule has 3 aromatic rings. The molecule has 0 aromatic heterocycles. The van der Waals surface area contributed by atoms with Gasteiger partial charge in [0.25, 0.3) is 0 Å². The molecule has 2 nitrogen and oxygen atoms in total. The lowest BCUT2D eigenvalue weighted by atomic mass is 9.74. The maximum atomic E-state index is 15.1. The molecule has 31 heavy (non-hydrogen) atoms. The largest absolute Gasteiger partial charge is 0.494 e. The van der Waals surface area contributed by atoms with E-state index in [0.717, 1.165) is 36.3 Å². The van der Waals surface area contributed by atoms with E-state index in [0.29, 0.717) is 18.7 Å². The first-order valence-electron chi connectivity index (χ1n) is 11.1. The van der Waals surface area contributed by atoms with Crippen molar-refractivity contribution < 1.29 is 9.13 Å². The van der Waals surface area contributed by atoms with E-state index in [1.807, 2.05) is 67.6 Å². The van der Waals surface area contributed by atoms with E-state index in [1.54, 1.807) is 6.07 Å². The van der Waals surface area contributed by atoms with Gasteiger partial charge in [0.15, 0.2) is 0 Å². The number of rotatable bonds is 11. The average molecular weight is 418 g/mol. The van der Waals surface area contributed by atoms with Gasteiger partial charge in [-0.1, -0.05) is 55.5 Å². The number of para-hydroxylation sites is 1. The van der Waals surface area contributed by atoms with E-state index >= 15 is 4.39 Å². The van der Waals surface area contributed by atoms with Crippen LogP contribution < -0.4 is 10.1 Å². The summed E-state index contributed by atoms with van der Waals surface area (Å²) in [5.41, 5.74) is 3.24. The molecule has 0 saturated heterocycles. The Morgan fingerprint density at radius 3 is 2.35 bits per heavy atom. The van der Waals surface area contributed by atoms with Gasteiger partial charge in [-0.15, -0.1) is 6.58 Å². The lowest BCUT2D eigenvalue weighted by Crippen LogP contribution is -2.22. The molecule has 0 heterocycles. The molecule has 0 saturated carbocycles. The zero-order chi connectivity index (χ0) is 22.1. The Morgan fingerprint density at radius 1 is 0.968 bits per heavy atom. The highest BCUT2D eigenvalue weighted by Crippen LogP contribution is 2.36. The van der Waals surface area contributed by atoms with Crippen molar-refractivity contribution in [2.75, 3.05) is 11.9 Å². The van der Waals surface area contributed by atoms with Crippen LogP contribution in [0.25, 0.3) is 0 Å². The van der Waals surface area contributed by atoms with Crippen LogP contribution in [0.3, 0.4) is 0 Å². The number of hydrogen-bond donors (Lipinski definition) is 1. The van der Waals surface area contributed by atoms with Crippen molar-refractivity contribution in [1.29, 1.82) is 0 Å². The minimum absolute atomic E-state index is 0.124. The summed E-state index contributed by atoms with van der Waals surface area (Å²) in [6, 6.07) is 23.5. The van der Waals surface area contributed by atoms with E-state index in [9.17, 15) is 0 Å². The lowest BCUT2D eigenvalue weighted by molar-refractivity contribution is 0.339. The summed E-state index contributed by atoms with van der Waals surface area (Å²) in [6.07, 6.45) is 5.47. The van der Waals surface area contributed by atoms with Crippen LogP contribution >= 0.6 is 0 Å². The van der Waals surface area contributed by atoms with Crippen molar-refractivity contribution >= 4 is 11.4 Å². The quantitative estimate of drug-likeness (QED) is 0.321. The Bertz CT molecular complexity index is 968. The third-order valence-corrected chi connectivity index (χ3v) is 5.96. The summed E-state index contributed by atoms with van der Waals surface area (Å²) < 4.78 is 20.7. The van der Waals surface area contributed by atoms with Gasteiger partial charge in [-0.2, -0.15) is 0 Å². The van der Waals surface area contributed by atoms with Crippen LogP contribution in [0, 0.1) is 5.82 Å². The summed E-state index contributed by atoms with van der Waals surface area (Å²) in [6.45, 7) is 8.95. The number of aryl methyl sites for hydroxylation is 1. The summed E-state index contributed by atoms with van der Waals surface area (Å²) >= 11 is 0. The summed E-state index contributed by atoms with van der Waals surface area (Å²) in [5, 5.41) is 3.18. The molecule has 0 aliphatic carbocycles. The van der Waals surface area contributed by atoms with E-state index in [2.05, 4.69) is 31.0 Å². The maximum Gasteiger partial charge on any atom is 0.149 e. The van der Waals surface area contributed by atoms with Crippen molar-refractivity contribution in [3.63, 3.8) is 0 Å². The molecule has 3 heteroatoms. The first-order valence-corrected chi connectivity index (χ1v) is 11.1. The van der Waals surface area contributed by atoms with Crippen LogP contribution in [0.4, 0.5) is 15.8 Å². The van der Waals surface area contributed by atoms with Gasteiger partial charge in [0.2, 0.25) is 0 Å². The fraction of sp³-hybridized carbons (Fsp3) is 0.286. The minimum Gasteiger partial charge on any atom is -0.494 e. The Hall–Kier alpha value is -3.07. The first-order chi connectivity index (χ1) is 15.1. The van der Waals surface area contributed by atoms with Gasteiger partial charge in [-0.05, 0) is 74.1 Å². The monoisotopic (exact) mass is 417 g/mol. The summed E-state index contributed by atoms with van der Waals surface area (Å²) in [4.78, 5) is 0. The van der Waals surface area contributed by atoms with Crippen molar-refractivity contribution in [2.24, 2.45) is 0 Å². The van der Waals surface area contributed by atoms with Crippen LogP contribution in [0.1, 0.15) is 44.2 Å². The second-order valence-electron chi connectivity index (χ2n) is 7.79. The molecule has 3 aromatic carbocycles. The van der Waals surface area contributed by atoms with Crippen molar-refractivity contribution in [2.45, 2.75) is 44.9 Å². The standard InChI is InChI=1S/C28H32FNO/c1-4-28(5-2,23-17-19-25(20-18-23)31-6-3)21-11-13-22-12-10-16-26(27(22)29)30-24-14-8-7-9-15-24/h4,7-10,12,14-20,30H,1,5-6,11,13,21H2,2-3H3. The first kappa shape index (κ1) is 22.6. The number of ether oxygens (including phenoxy) is 1. The Labute approximate surface area is 185 Å². The number of halogens is 1. The van der Waals surface area contributed by atoms with Gasteiger partial charge in [-0.25, -0.2) is 4.39 Å². The number of nitrogens with one attached hydrogen (secondary N) is 1. The van der Waals surface area contributed by atoms with Gasteiger partial charge in [0.05, 0.1) is 12.3 Å². The summed E-state index contributed by atoms with van der Waals surface area (Å²) in [7, 11) is 0. The number of anilines is 2. The van der Waals surface area contributed by atoms with E-state index in [1.165, 1.54) is 5.56 Å². The molecular weight excluding hydrogens is 385 g/mol. The Balaban J connectivity index is 1.69. The topological polar surface area (TPSA) is 21.3 Å². The second-order valence-corrected chi connectivity index (χ2v) is 7.79. The second kappa shape index (κ2) is 10.8. The van der Waals surface area contributed by atoms with Gasteiger partial charge in [0.1, 0.15) is 11.6 Å². The highest BCUT2D eigenvalue weighted by Gasteiger charge is 2.26. The van der Waals surface area contributed by atoms with Gasteiger partial charge in [-0.3, -0.25) is 0 Å². The third kappa shape index (κ3) is 5.55. The third-order valence-electron chi connectivity index (χ3n) is 5.96. The smallest absolute Gasteiger partial charge is 0.149 e. The number of benzene rings is 3. The molecule has 0 spiro atoms. The predicted molar refractivity (Wildman–Crippen MR) is 129 cm³/mol. The molecule has 0 bridgehead atoms. The van der Waals surface area contributed by atoms with Crippen LogP contribution in [-0.2, 0) is 11.8 Å². The van der Waals surface area contributed by atoms with Gasteiger partial charge < -0.3 is 10.1 Å². The fourth-order valence-corrected chi connectivity index (χ4v) is 4.08. The molecule has 1 N–H and O–H groups in total. The molecule has 3 rings (SSSR count). The summed E-state index contributed by atoms with van der Waals surface area (Å²) in [5.74, 6) is 0.707. The van der Waals surface area contributed by atoms with Crippen molar-refractivity contribution in [1.82, 2.24) is 0 Å². The molecule has 0 radical (unpaired) electrons. The SMILES string of the molecule is C=CC(CC)(CCCc1cccc(Nc2ccccc2)c1F)c1ccc(OCC)cc1. The molecule has 0 aliphatic rings. The van der Waals surface area contributed by atoms with E-state index < -0.39 is 0 Å². The zero-order valence-electron chi connectivity index (χ0n) is 18.5. The van der Waals surface area contributed by atoms with Gasteiger partial charge in [0, 0.05) is 11.1 Å². The van der Waals surface area contributed by atoms with Crippen LogP contribution in [0.5, 0.6) is 5.75 Å². The zero-order valence-corrected chi connectivity index (χ0v) is 18.5. The fourth-order valence-electron chi connectivity index (χ4n) is 4.08. The van der Waals surface area contributed by atoms with Gasteiger partial charge >= 0.3 is 0 Å². The Morgan fingerprint density at radius 2 is 1.71 bits per heavy atom. The maximum absolute atomic E-state index is 15.1. The van der Waals surface area contributed by atoms with E-state index in [-0.39, 0.29) is 11.2 Å². The normalized spacial score (nSPS) is 12.7. The predicted octanol–water partition coefficient (Wildman–Crippen LogP) is 7.82. The van der Waals surface area contributed by atoms with Crippen LogP contribution in [-0.4, -0.2) is 6.61 Å². The molecule has 0 amide bonds. The molecule has 162 valence electrons. The van der Waals surface area contributed by atoms with E-state index in [4.69, 9.17) is 4.74 Å². The lowest BCUT2D eigenvalue weighted by Gasteiger charge is -2.30. The Kier molecular flexibility index (Phi) is 7.88. The van der Waals surface area contributed by atoms with Crippen molar-refractivity contribution in [3.8, 4) is 5.75 Å². The molecule has 1 unspecified atom stereocenters. The average Bonchev–Trinajstić information content (AvgIpc) is 2.81. The molecular formula is C28H32FNO. The number of allylic oxidation sites excluding steroid dienone is 1.